The third kappa shape index (κ3) is 4.99. The third-order valence-electron chi connectivity index (χ3n) is 7.48. The van der Waals surface area contributed by atoms with Crippen molar-refractivity contribution in [2.24, 2.45) is 5.41 Å². The molecule has 2 N–H and O–H groups in total. The SMILES string of the molecule is CC1(C)CN(C(=O)CC2(NC(=O)c3ccccc3)CCOCC2)CC[C@]1(O)c1ccc(Cl)cc1. The second-order valence-corrected chi connectivity index (χ2v) is 10.6. The minimum absolute atomic E-state index is 0.0125. The number of rotatable bonds is 5. The normalized spacial score (nSPS) is 23.8. The molecule has 4 rings (SSSR count). The van der Waals surface area contributed by atoms with E-state index < -0.39 is 16.6 Å². The van der Waals surface area contributed by atoms with Crippen LogP contribution < -0.4 is 5.32 Å². The number of nitrogens with one attached hydrogen (secondary N) is 1. The van der Waals surface area contributed by atoms with Crippen LogP contribution in [-0.2, 0) is 15.1 Å². The molecule has 0 bridgehead atoms. The van der Waals surface area contributed by atoms with Crippen molar-refractivity contribution in [3.63, 3.8) is 0 Å². The first kappa shape index (κ1) is 24.7. The van der Waals surface area contributed by atoms with Crippen LogP contribution in [0.4, 0.5) is 0 Å². The van der Waals surface area contributed by atoms with E-state index in [-0.39, 0.29) is 18.2 Å². The summed E-state index contributed by atoms with van der Waals surface area (Å²) in [6.45, 7) is 5.85. The Labute approximate surface area is 206 Å². The first-order valence-corrected chi connectivity index (χ1v) is 12.2. The van der Waals surface area contributed by atoms with Gasteiger partial charge in [0.2, 0.25) is 5.91 Å². The lowest BCUT2D eigenvalue weighted by Gasteiger charge is -2.51. The molecule has 0 unspecified atom stereocenters. The highest BCUT2D eigenvalue weighted by Gasteiger charge is 2.50. The number of amides is 2. The first-order valence-electron chi connectivity index (χ1n) is 11.9. The molecule has 2 heterocycles. The van der Waals surface area contributed by atoms with Crippen LogP contribution >= 0.6 is 11.6 Å². The molecule has 0 spiro atoms. The van der Waals surface area contributed by atoms with Crippen molar-refractivity contribution in [1.82, 2.24) is 10.2 Å². The maximum atomic E-state index is 13.5. The number of halogens is 1. The molecule has 2 aliphatic heterocycles. The summed E-state index contributed by atoms with van der Waals surface area (Å²) in [5.74, 6) is -0.187. The number of piperidine rings is 1. The molecular weight excluding hydrogens is 452 g/mol. The highest BCUT2D eigenvalue weighted by Crippen LogP contribution is 2.46. The van der Waals surface area contributed by atoms with Crippen LogP contribution in [-0.4, -0.2) is 53.7 Å². The number of nitrogens with zero attached hydrogens (tertiary/aromatic N) is 1. The number of carbonyl (C=O) groups is 2. The van der Waals surface area contributed by atoms with E-state index in [0.717, 1.165) is 5.56 Å². The molecule has 0 aliphatic carbocycles. The van der Waals surface area contributed by atoms with E-state index in [9.17, 15) is 14.7 Å². The number of ether oxygens (including phenoxy) is 1. The van der Waals surface area contributed by atoms with E-state index >= 15 is 0 Å². The minimum atomic E-state index is -1.06. The van der Waals surface area contributed by atoms with Gasteiger partial charge in [0.25, 0.3) is 5.91 Å². The van der Waals surface area contributed by atoms with Gasteiger partial charge in [-0.15, -0.1) is 0 Å². The van der Waals surface area contributed by atoms with Crippen LogP contribution in [0.25, 0.3) is 0 Å². The Morgan fingerprint density at radius 2 is 1.68 bits per heavy atom. The standard InChI is InChI=1S/C27H33ClN2O4/c1-25(2)19-30(15-12-27(25,33)21-8-10-22(28)11-9-21)23(31)18-26(13-16-34-17-14-26)29-24(32)20-6-4-3-5-7-20/h3-11,33H,12-19H2,1-2H3,(H,29,32)/t27-/m0/s1. The predicted octanol–water partition coefficient (Wildman–Crippen LogP) is 4.16. The number of hydrogen-bond donors (Lipinski definition) is 2. The van der Waals surface area contributed by atoms with Crippen LogP contribution in [0.2, 0.25) is 5.02 Å². The lowest BCUT2D eigenvalue weighted by atomic mass is 9.66. The Kier molecular flexibility index (Phi) is 7.04. The summed E-state index contributed by atoms with van der Waals surface area (Å²) >= 11 is 6.04. The average molecular weight is 485 g/mol. The van der Waals surface area contributed by atoms with Crippen molar-refractivity contribution < 1.29 is 19.4 Å². The monoisotopic (exact) mass is 484 g/mol. The highest BCUT2D eigenvalue weighted by atomic mass is 35.5. The smallest absolute Gasteiger partial charge is 0.251 e. The van der Waals surface area contributed by atoms with Crippen LogP contribution in [0.1, 0.15) is 55.5 Å². The topological polar surface area (TPSA) is 78.9 Å². The molecule has 2 fully saturated rings. The summed E-state index contributed by atoms with van der Waals surface area (Å²) in [4.78, 5) is 28.3. The second kappa shape index (κ2) is 9.68. The molecule has 0 aromatic heterocycles. The lowest BCUT2D eigenvalue weighted by molar-refractivity contribution is -0.155. The molecule has 2 saturated heterocycles. The van der Waals surface area contributed by atoms with Gasteiger partial charge >= 0.3 is 0 Å². The van der Waals surface area contributed by atoms with E-state index in [1.54, 1.807) is 24.3 Å². The summed E-state index contributed by atoms with van der Waals surface area (Å²) in [6.07, 6.45) is 1.82. The van der Waals surface area contributed by atoms with Gasteiger partial charge in [0, 0.05) is 42.3 Å². The Bertz CT molecular complexity index is 1020. The van der Waals surface area contributed by atoms with E-state index in [0.29, 0.717) is 56.2 Å². The molecule has 2 amide bonds. The zero-order chi connectivity index (χ0) is 24.4. The minimum Gasteiger partial charge on any atom is -0.384 e. The molecule has 0 saturated carbocycles. The van der Waals surface area contributed by atoms with Gasteiger partial charge in [0.15, 0.2) is 0 Å². The molecular formula is C27H33ClN2O4. The molecule has 2 aromatic carbocycles. The number of likely N-dealkylation sites (tertiary alicyclic amines) is 1. The number of carbonyl (C=O) groups excluding carboxylic acids is 2. The first-order chi connectivity index (χ1) is 16.1. The van der Waals surface area contributed by atoms with Crippen LogP contribution in [0.3, 0.4) is 0 Å². The van der Waals surface area contributed by atoms with Gasteiger partial charge in [-0.25, -0.2) is 0 Å². The van der Waals surface area contributed by atoms with Gasteiger partial charge < -0.3 is 20.1 Å². The van der Waals surface area contributed by atoms with E-state index in [1.165, 1.54) is 0 Å². The van der Waals surface area contributed by atoms with Crippen molar-refractivity contribution in [3.05, 3.63) is 70.7 Å². The maximum absolute atomic E-state index is 13.5. The summed E-state index contributed by atoms with van der Waals surface area (Å²) in [6, 6.07) is 16.4. The van der Waals surface area contributed by atoms with Crippen LogP contribution in [0.5, 0.6) is 0 Å². The average Bonchev–Trinajstić information content (AvgIpc) is 2.82. The van der Waals surface area contributed by atoms with Crippen LogP contribution in [0, 0.1) is 5.41 Å². The van der Waals surface area contributed by atoms with E-state index in [1.807, 2.05) is 49.1 Å². The summed E-state index contributed by atoms with van der Waals surface area (Å²) in [5, 5.41) is 15.4. The van der Waals surface area contributed by atoms with Gasteiger partial charge in [-0.1, -0.05) is 55.8 Å². The molecule has 7 heteroatoms. The second-order valence-electron chi connectivity index (χ2n) is 10.2. The van der Waals surface area contributed by atoms with E-state index in [4.69, 9.17) is 16.3 Å². The number of benzene rings is 2. The molecule has 182 valence electrons. The fourth-order valence-electron chi connectivity index (χ4n) is 5.21. The molecule has 6 nitrogen and oxygen atoms in total. The molecule has 34 heavy (non-hydrogen) atoms. The Balaban J connectivity index is 1.48. The van der Waals surface area contributed by atoms with Crippen molar-refractivity contribution >= 4 is 23.4 Å². The zero-order valence-electron chi connectivity index (χ0n) is 19.9. The maximum Gasteiger partial charge on any atom is 0.251 e. The Morgan fingerprint density at radius 1 is 1.03 bits per heavy atom. The highest BCUT2D eigenvalue weighted by molar-refractivity contribution is 6.30. The lowest BCUT2D eigenvalue weighted by Crippen LogP contribution is -2.59. The van der Waals surface area contributed by atoms with Crippen molar-refractivity contribution in [1.29, 1.82) is 0 Å². The third-order valence-corrected chi connectivity index (χ3v) is 7.73. The fourth-order valence-corrected chi connectivity index (χ4v) is 5.33. The predicted molar refractivity (Wildman–Crippen MR) is 132 cm³/mol. The zero-order valence-corrected chi connectivity index (χ0v) is 20.6. The van der Waals surface area contributed by atoms with Gasteiger partial charge in [-0.3, -0.25) is 9.59 Å². The Morgan fingerprint density at radius 3 is 2.29 bits per heavy atom. The Hall–Kier alpha value is -2.41. The van der Waals surface area contributed by atoms with Gasteiger partial charge in [-0.2, -0.15) is 0 Å². The largest absolute Gasteiger partial charge is 0.384 e. The molecule has 1 atom stereocenters. The fraction of sp³-hybridized carbons (Fsp3) is 0.481. The summed E-state index contributed by atoms with van der Waals surface area (Å²) < 4.78 is 5.54. The summed E-state index contributed by atoms with van der Waals surface area (Å²) in [5.41, 5.74) is -0.883. The van der Waals surface area contributed by atoms with Crippen LogP contribution in [0.15, 0.2) is 54.6 Å². The molecule has 2 aromatic rings. The summed E-state index contributed by atoms with van der Waals surface area (Å²) in [7, 11) is 0. The van der Waals surface area contributed by atoms with Crippen molar-refractivity contribution in [2.45, 2.75) is 50.7 Å². The van der Waals surface area contributed by atoms with Gasteiger partial charge in [0.05, 0.1) is 17.6 Å². The number of hydrogen-bond acceptors (Lipinski definition) is 4. The van der Waals surface area contributed by atoms with Gasteiger partial charge in [-0.05, 0) is 49.1 Å². The number of aliphatic hydroxyl groups is 1. The van der Waals surface area contributed by atoms with E-state index in [2.05, 4.69) is 5.32 Å². The van der Waals surface area contributed by atoms with Crippen molar-refractivity contribution in [2.75, 3.05) is 26.3 Å². The van der Waals surface area contributed by atoms with Crippen molar-refractivity contribution in [3.8, 4) is 0 Å². The molecule has 2 aliphatic rings. The van der Waals surface area contributed by atoms with Gasteiger partial charge in [0.1, 0.15) is 0 Å². The molecule has 0 radical (unpaired) electrons. The quantitative estimate of drug-likeness (QED) is 0.668.